The Kier molecular flexibility index (Phi) is 4.65. The van der Waals surface area contributed by atoms with Crippen molar-refractivity contribution in [1.82, 2.24) is 9.78 Å². The van der Waals surface area contributed by atoms with Crippen LogP contribution in [0.15, 0.2) is 30.3 Å². The molecular formula is C16H21ClN2. The van der Waals surface area contributed by atoms with E-state index < -0.39 is 0 Å². The molecule has 0 fully saturated rings. The van der Waals surface area contributed by atoms with Crippen molar-refractivity contribution in [1.29, 1.82) is 0 Å². The van der Waals surface area contributed by atoms with Crippen LogP contribution in [0.2, 0.25) is 0 Å². The summed E-state index contributed by atoms with van der Waals surface area (Å²) in [5.74, 6) is 0.984. The minimum Gasteiger partial charge on any atom is -0.272 e. The minimum absolute atomic E-state index is 0.349. The first-order chi connectivity index (χ1) is 9.13. The first-order valence-electron chi connectivity index (χ1n) is 6.78. The third-order valence-electron chi connectivity index (χ3n) is 3.58. The van der Waals surface area contributed by atoms with Crippen molar-refractivity contribution in [3.05, 3.63) is 52.8 Å². The van der Waals surface area contributed by atoms with Gasteiger partial charge in [-0.2, -0.15) is 5.10 Å². The van der Waals surface area contributed by atoms with Crippen LogP contribution in [0.1, 0.15) is 35.4 Å². The van der Waals surface area contributed by atoms with Crippen molar-refractivity contribution in [2.45, 2.75) is 32.6 Å². The molecule has 1 unspecified atom stereocenters. The fraction of sp³-hybridized carbons (Fsp3) is 0.438. The first kappa shape index (κ1) is 14.1. The van der Waals surface area contributed by atoms with E-state index in [0.717, 1.165) is 18.5 Å². The molecule has 1 atom stereocenters. The highest BCUT2D eigenvalue weighted by atomic mass is 35.5. The van der Waals surface area contributed by atoms with Crippen molar-refractivity contribution < 1.29 is 0 Å². The summed E-state index contributed by atoms with van der Waals surface area (Å²) in [6.45, 7) is 4.24. The highest BCUT2D eigenvalue weighted by Crippen LogP contribution is 2.23. The van der Waals surface area contributed by atoms with Gasteiger partial charge in [-0.3, -0.25) is 4.68 Å². The Morgan fingerprint density at radius 1 is 1.26 bits per heavy atom. The number of nitrogens with zero attached hydrogens (tertiary/aromatic N) is 2. The molecule has 19 heavy (non-hydrogen) atoms. The van der Waals surface area contributed by atoms with E-state index in [1.54, 1.807) is 0 Å². The lowest BCUT2D eigenvalue weighted by atomic mass is 9.95. The average Bonchev–Trinajstić information content (AvgIpc) is 2.78. The Balaban J connectivity index is 2.18. The molecule has 2 rings (SSSR count). The van der Waals surface area contributed by atoms with Crippen molar-refractivity contribution >= 4 is 11.6 Å². The van der Waals surface area contributed by atoms with Gasteiger partial charge in [-0.05, 0) is 31.4 Å². The van der Waals surface area contributed by atoms with E-state index in [1.807, 2.05) is 11.7 Å². The highest BCUT2D eigenvalue weighted by Gasteiger charge is 2.14. The molecule has 0 saturated carbocycles. The molecule has 0 radical (unpaired) electrons. The molecular weight excluding hydrogens is 256 g/mol. The number of alkyl halides is 1. The molecule has 1 aromatic carbocycles. The van der Waals surface area contributed by atoms with E-state index in [4.69, 9.17) is 11.6 Å². The van der Waals surface area contributed by atoms with Crippen molar-refractivity contribution in [3.8, 4) is 0 Å². The van der Waals surface area contributed by atoms with Crippen LogP contribution in [0, 0.1) is 6.92 Å². The molecule has 102 valence electrons. The zero-order valence-corrected chi connectivity index (χ0v) is 12.6. The molecule has 1 aromatic heterocycles. The average molecular weight is 277 g/mol. The van der Waals surface area contributed by atoms with Crippen molar-refractivity contribution in [3.63, 3.8) is 0 Å². The van der Waals surface area contributed by atoms with Gasteiger partial charge in [0.25, 0.3) is 0 Å². The fourth-order valence-corrected chi connectivity index (χ4v) is 2.58. The number of halogens is 1. The minimum atomic E-state index is 0.349. The Morgan fingerprint density at radius 2 is 1.95 bits per heavy atom. The zero-order valence-electron chi connectivity index (χ0n) is 11.9. The maximum absolute atomic E-state index is 6.16. The highest BCUT2D eigenvalue weighted by molar-refractivity contribution is 6.18. The van der Waals surface area contributed by atoms with E-state index in [9.17, 15) is 0 Å². The molecule has 0 spiro atoms. The number of aryl methyl sites for hydroxylation is 3. The van der Waals surface area contributed by atoms with Gasteiger partial charge in [0, 0.05) is 24.5 Å². The predicted octanol–water partition coefficient (Wildman–Crippen LogP) is 3.86. The second kappa shape index (κ2) is 6.25. The van der Waals surface area contributed by atoms with Gasteiger partial charge in [-0.15, -0.1) is 11.6 Å². The maximum Gasteiger partial charge on any atom is 0.0624 e. The number of hydrogen-bond donors (Lipinski definition) is 0. The number of aromatic nitrogens is 2. The molecule has 2 nitrogen and oxygen atoms in total. The van der Waals surface area contributed by atoms with Gasteiger partial charge in [0.05, 0.1) is 5.69 Å². The summed E-state index contributed by atoms with van der Waals surface area (Å²) in [6, 6.07) is 10.8. The summed E-state index contributed by atoms with van der Waals surface area (Å²) < 4.78 is 1.98. The van der Waals surface area contributed by atoms with E-state index in [2.05, 4.69) is 49.3 Å². The summed E-state index contributed by atoms with van der Waals surface area (Å²) >= 11 is 6.16. The quantitative estimate of drug-likeness (QED) is 0.759. The Bertz CT molecular complexity index is 528. The lowest BCUT2D eigenvalue weighted by molar-refractivity contribution is 0.655. The summed E-state index contributed by atoms with van der Waals surface area (Å²) in [4.78, 5) is 0. The first-order valence-corrected chi connectivity index (χ1v) is 7.31. The number of rotatable bonds is 5. The van der Waals surface area contributed by atoms with Crippen LogP contribution < -0.4 is 0 Å². The van der Waals surface area contributed by atoms with Gasteiger partial charge < -0.3 is 0 Å². The van der Waals surface area contributed by atoms with Crippen molar-refractivity contribution in [2.75, 3.05) is 5.88 Å². The van der Waals surface area contributed by atoms with E-state index in [1.165, 1.54) is 16.8 Å². The molecule has 0 amide bonds. The Morgan fingerprint density at radius 3 is 2.47 bits per heavy atom. The third-order valence-corrected chi connectivity index (χ3v) is 3.95. The second-order valence-corrected chi connectivity index (χ2v) is 5.38. The van der Waals surface area contributed by atoms with Gasteiger partial charge >= 0.3 is 0 Å². The van der Waals surface area contributed by atoms with Crippen LogP contribution in [0.3, 0.4) is 0 Å². The summed E-state index contributed by atoms with van der Waals surface area (Å²) in [5.41, 5.74) is 4.99. The molecule has 3 heteroatoms. The zero-order chi connectivity index (χ0) is 13.8. The smallest absolute Gasteiger partial charge is 0.0624 e. The van der Waals surface area contributed by atoms with Gasteiger partial charge in [0.2, 0.25) is 0 Å². The van der Waals surface area contributed by atoms with Crippen LogP contribution in [-0.2, 0) is 19.9 Å². The Hall–Kier alpha value is -1.28. The summed E-state index contributed by atoms with van der Waals surface area (Å²) in [5, 5.41) is 4.50. The van der Waals surface area contributed by atoms with Crippen LogP contribution in [0.5, 0.6) is 0 Å². The SMILES string of the molecule is CCc1cc(CC(CCl)c2ccc(C)cc2)n(C)n1. The maximum atomic E-state index is 6.16. The van der Waals surface area contributed by atoms with E-state index >= 15 is 0 Å². The molecule has 0 bridgehead atoms. The molecule has 0 aliphatic heterocycles. The van der Waals surface area contributed by atoms with Gasteiger partial charge in [-0.1, -0.05) is 36.8 Å². The van der Waals surface area contributed by atoms with Crippen LogP contribution >= 0.6 is 11.6 Å². The Labute approximate surface area is 120 Å². The van der Waals surface area contributed by atoms with Crippen molar-refractivity contribution in [2.24, 2.45) is 7.05 Å². The molecule has 0 aliphatic carbocycles. The topological polar surface area (TPSA) is 17.8 Å². The van der Waals surface area contributed by atoms with E-state index in [0.29, 0.717) is 11.8 Å². The number of hydrogen-bond acceptors (Lipinski definition) is 1. The lowest BCUT2D eigenvalue weighted by Gasteiger charge is -2.14. The predicted molar refractivity (Wildman–Crippen MR) is 80.9 cm³/mol. The fourth-order valence-electron chi connectivity index (χ4n) is 2.29. The lowest BCUT2D eigenvalue weighted by Crippen LogP contribution is -2.08. The van der Waals surface area contributed by atoms with Gasteiger partial charge in [0.15, 0.2) is 0 Å². The molecule has 0 N–H and O–H groups in total. The number of benzene rings is 1. The monoisotopic (exact) mass is 276 g/mol. The standard InChI is InChI=1S/C16H21ClN2/c1-4-15-10-16(19(3)18-15)9-14(11-17)13-7-5-12(2)6-8-13/h5-8,10,14H,4,9,11H2,1-3H3. The normalized spacial score (nSPS) is 12.6. The molecule has 2 aromatic rings. The summed E-state index contributed by atoms with van der Waals surface area (Å²) in [7, 11) is 2.01. The van der Waals surface area contributed by atoms with Crippen LogP contribution in [0.4, 0.5) is 0 Å². The molecule has 0 aliphatic rings. The van der Waals surface area contributed by atoms with Crippen LogP contribution in [-0.4, -0.2) is 15.7 Å². The van der Waals surface area contributed by atoms with Gasteiger partial charge in [-0.25, -0.2) is 0 Å². The molecule has 1 heterocycles. The summed E-state index contributed by atoms with van der Waals surface area (Å²) in [6.07, 6.45) is 1.92. The molecule has 0 saturated heterocycles. The van der Waals surface area contributed by atoms with Crippen LogP contribution in [0.25, 0.3) is 0 Å². The second-order valence-electron chi connectivity index (χ2n) is 5.07. The van der Waals surface area contributed by atoms with E-state index in [-0.39, 0.29) is 0 Å². The third kappa shape index (κ3) is 3.38. The van der Waals surface area contributed by atoms with Gasteiger partial charge in [0.1, 0.15) is 0 Å². The largest absolute Gasteiger partial charge is 0.272 e.